The summed E-state index contributed by atoms with van der Waals surface area (Å²) in [5.41, 5.74) is 11.3. The zero-order valence-electron chi connectivity index (χ0n) is 19.5. The Labute approximate surface area is 207 Å². The number of rotatable bonds is 4. The Morgan fingerprint density at radius 2 is 1.77 bits per heavy atom. The van der Waals surface area contributed by atoms with Crippen molar-refractivity contribution in [1.82, 2.24) is 14.8 Å². The summed E-state index contributed by atoms with van der Waals surface area (Å²) in [6, 6.07) is 18.3. The van der Waals surface area contributed by atoms with Crippen LogP contribution in [0.3, 0.4) is 0 Å². The lowest BCUT2D eigenvalue weighted by molar-refractivity contribution is 0.0634. The number of carbonyl (C=O) groups is 1. The fraction of sp³-hybridized carbons (Fsp3) is 0.259. The van der Waals surface area contributed by atoms with Gasteiger partial charge in [0, 0.05) is 43.7 Å². The summed E-state index contributed by atoms with van der Waals surface area (Å²) in [7, 11) is 0. The molecule has 178 valence electrons. The number of fused-ring (bicyclic) bond motifs is 2. The highest BCUT2D eigenvalue weighted by Gasteiger charge is 2.26. The van der Waals surface area contributed by atoms with Crippen LogP contribution in [0.2, 0.25) is 0 Å². The zero-order valence-corrected chi connectivity index (χ0v) is 20.3. The molecule has 0 spiro atoms. The molecule has 0 saturated carbocycles. The fourth-order valence-corrected chi connectivity index (χ4v) is 5.65. The maximum Gasteiger partial charge on any atom is 0.266 e. The van der Waals surface area contributed by atoms with E-state index in [2.05, 4.69) is 42.2 Å². The van der Waals surface area contributed by atoms with Gasteiger partial charge in [0.25, 0.3) is 5.91 Å². The largest absolute Gasteiger partial charge is 0.454 e. The van der Waals surface area contributed by atoms with Gasteiger partial charge in [-0.15, -0.1) is 11.3 Å². The summed E-state index contributed by atoms with van der Waals surface area (Å²) in [6.45, 7) is 6.11. The van der Waals surface area contributed by atoms with Crippen molar-refractivity contribution in [1.29, 1.82) is 0 Å². The van der Waals surface area contributed by atoms with Gasteiger partial charge in [0.05, 0.1) is 11.4 Å². The second-order valence-corrected chi connectivity index (χ2v) is 10.0. The van der Waals surface area contributed by atoms with E-state index in [0.717, 1.165) is 52.6 Å². The van der Waals surface area contributed by atoms with Crippen molar-refractivity contribution in [2.24, 2.45) is 0 Å². The van der Waals surface area contributed by atoms with Crippen LogP contribution in [0.4, 0.5) is 5.69 Å². The van der Waals surface area contributed by atoms with E-state index in [0.29, 0.717) is 23.7 Å². The van der Waals surface area contributed by atoms with E-state index >= 15 is 0 Å². The highest BCUT2D eigenvalue weighted by atomic mass is 32.1. The van der Waals surface area contributed by atoms with Gasteiger partial charge >= 0.3 is 0 Å². The van der Waals surface area contributed by atoms with Crippen LogP contribution >= 0.6 is 11.3 Å². The molecule has 0 radical (unpaired) electrons. The van der Waals surface area contributed by atoms with Crippen molar-refractivity contribution in [3.8, 4) is 22.8 Å². The minimum Gasteiger partial charge on any atom is -0.454 e. The molecule has 2 aromatic heterocycles. The summed E-state index contributed by atoms with van der Waals surface area (Å²) in [5, 5.41) is 0.843. The molecule has 2 aliphatic heterocycles. The lowest BCUT2D eigenvalue weighted by Gasteiger charge is -2.34. The lowest BCUT2D eigenvalue weighted by Crippen LogP contribution is -2.48. The number of aromatic nitrogens is 1. The van der Waals surface area contributed by atoms with Crippen molar-refractivity contribution in [3.05, 3.63) is 70.6 Å². The van der Waals surface area contributed by atoms with Crippen LogP contribution in [0, 0.1) is 6.92 Å². The smallest absolute Gasteiger partial charge is 0.266 e. The van der Waals surface area contributed by atoms with Crippen LogP contribution in [0.15, 0.2) is 54.6 Å². The normalized spacial score (nSPS) is 15.6. The van der Waals surface area contributed by atoms with Gasteiger partial charge in [0.1, 0.15) is 9.71 Å². The second-order valence-electron chi connectivity index (χ2n) is 9.02. The van der Waals surface area contributed by atoms with Crippen LogP contribution in [-0.4, -0.2) is 53.7 Å². The van der Waals surface area contributed by atoms with Crippen molar-refractivity contribution < 1.29 is 14.3 Å². The molecule has 0 aliphatic carbocycles. The Kier molecular flexibility index (Phi) is 5.54. The maximum absolute atomic E-state index is 13.4. The summed E-state index contributed by atoms with van der Waals surface area (Å²) in [5.74, 6) is 1.59. The number of nitrogens with two attached hydrogens (primary N) is 1. The van der Waals surface area contributed by atoms with E-state index in [1.54, 1.807) is 0 Å². The van der Waals surface area contributed by atoms with Gasteiger partial charge in [-0.1, -0.05) is 35.9 Å². The SMILES string of the molecule is Cc1ccc(-c2ccc3c(N)c(C(=O)N4CCN(Cc5ccc6c(c5)OCO6)CC4)sc3n2)cc1. The van der Waals surface area contributed by atoms with Crippen molar-refractivity contribution >= 4 is 33.1 Å². The van der Waals surface area contributed by atoms with Gasteiger partial charge < -0.3 is 20.1 Å². The summed E-state index contributed by atoms with van der Waals surface area (Å²) in [4.78, 5) is 23.8. The van der Waals surface area contributed by atoms with E-state index in [9.17, 15) is 4.79 Å². The molecule has 0 atom stereocenters. The van der Waals surface area contributed by atoms with Gasteiger partial charge in [0.2, 0.25) is 6.79 Å². The van der Waals surface area contributed by atoms with Gasteiger partial charge in [-0.25, -0.2) is 4.98 Å². The number of nitrogen functional groups attached to an aromatic ring is 1. The molecule has 0 bridgehead atoms. The molecule has 2 N–H and O–H groups in total. The quantitative estimate of drug-likeness (QED) is 0.456. The molecule has 7 nitrogen and oxygen atoms in total. The molecule has 0 unspecified atom stereocenters. The van der Waals surface area contributed by atoms with Gasteiger partial charge in [-0.3, -0.25) is 9.69 Å². The van der Waals surface area contributed by atoms with Crippen LogP contribution < -0.4 is 15.2 Å². The number of carbonyl (C=O) groups excluding carboxylic acids is 1. The van der Waals surface area contributed by atoms with Crippen LogP contribution in [0.25, 0.3) is 21.5 Å². The number of aryl methyl sites for hydroxylation is 1. The van der Waals surface area contributed by atoms with Crippen molar-refractivity contribution in [3.63, 3.8) is 0 Å². The molecule has 35 heavy (non-hydrogen) atoms. The number of hydrogen-bond donors (Lipinski definition) is 1. The summed E-state index contributed by atoms with van der Waals surface area (Å²) in [6.07, 6.45) is 0. The lowest BCUT2D eigenvalue weighted by atomic mass is 10.1. The zero-order chi connectivity index (χ0) is 23.9. The fourth-order valence-electron chi connectivity index (χ4n) is 4.59. The highest BCUT2D eigenvalue weighted by Crippen LogP contribution is 2.36. The second kappa shape index (κ2) is 8.87. The van der Waals surface area contributed by atoms with Gasteiger partial charge in [-0.2, -0.15) is 0 Å². The standard InChI is InChI=1S/C27H26N4O3S/c1-17-2-5-19(6-3-17)21-8-7-20-24(28)25(35-26(20)29-21)27(32)31-12-10-30(11-13-31)15-18-4-9-22-23(14-18)34-16-33-22/h2-9,14H,10-13,15-16,28H2,1H3. The van der Waals surface area contributed by atoms with E-state index < -0.39 is 0 Å². The van der Waals surface area contributed by atoms with E-state index in [1.807, 2.05) is 29.2 Å². The van der Waals surface area contributed by atoms with Crippen LogP contribution in [0.1, 0.15) is 20.8 Å². The molecular formula is C27H26N4O3S. The molecule has 4 heterocycles. The number of ether oxygens (including phenoxy) is 2. The molecule has 8 heteroatoms. The number of pyridine rings is 1. The first kappa shape index (κ1) is 21.9. The molecular weight excluding hydrogens is 460 g/mol. The molecule has 1 saturated heterocycles. The Bertz CT molecular complexity index is 1410. The number of anilines is 1. The third-order valence-corrected chi connectivity index (χ3v) is 7.74. The Morgan fingerprint density at radius 3 is 2.57 bits per heavy atom. The predicted molar refractivity (Wildman–Crippen MR) is 138 cm³/mol. The summed E-state index contributed by atoms with van der Waals surface area (Å²) < 4.78 is 10.9. The molecule has 2 aromatic carbocycles. The molecule has 6 rings (SSSR count). The molecule has 4 aromatic rings. The molecule has 1 fully saturated rings. The van der Waals surface area contributed by atoms with E-state index in [1.165, 1.54) is 22.5 Å². The van der Waals surface area contributed by atoms with Gasteiger partial charge in [0.15, 0.2) is 11.5 Å². The monoisotopic (exact) mass is 486 g/mol. The minimum absolute atomic E-state index is 0.00915. The highest BCUT2D eigenvalue weighted by molar-refractivity contribution is 7.21. The van der Waals surface area contributed by atoms with Crippen LogP contribution in [0.5, 0.6) is 11.5 Å². The number of thiophene rings is 1. The number of nitrogens with zero attached hydrogens (tertiary/aromatic N) is 3. The molecule has 2 aliphatic rings. The Morgan fingerprint density at radius 1 is 1.00 bits per heavy atom. The number of hydrogen-bond acceptors (Lipinski definition) is 7. The average Bonchev–Trinajstić information content (AvgIpc) is 3.48. The van der Waals surface area contributed by atoms with Crippen molar-refractivity contribution in [2.45, 2.75) is 13.5 Å². The van der Waals surface area contributed by atoms with Crippen molar-refractivity contribution in [2.75, 3.05) is 38.7 Å². The van der Waals surface area contributed by atoms with Crippen LogP contribution in [-0.2, 0) is 6.54 Å². The first-order chi connectivity index (χ1) is 17.0. The third-order valence-electron chi connectivity index (χ3n) is 6.64. The first-order valence-corrected chi connectivity index (χ1v) is 12.5. The number of amides is 1. The van der Waals surface area contributed by atoms with Gasteiger partial charge in [-0.05, 0) is 36.8 Å². The summed E-state index contributed by atoms with van der Waals surface area (Å²) >= 11 is 1.39. The predicted octanol–water partition coefficient (Wildman–Crippen LogP) is 4.54. The Balaban J connectivity index is 1.14. The number of piperazine rings is 1. The maximum atomic E-state index is 13.4. The number of benzene rings is 2. The minimum atomic E-state index is -0.00915. The first-order valence-electron chi connectivity index (χ1n) is 11.7. The average molecular weight is 487 g/mol. The molecule has 1 amide bonds. The van der Waals surface area contributed by atoms with E-state index in [4.69, 9.17) is 20.2 Å². The topological polar surface area (TPSA) is 80.9 Å². The van der Waals surface area contributed by atoms with E-state index in [-0.39, 0.29) is 12.7 Å². The third kappa shape index (κ3) is 4.19. The Hall–Kier alpha value is -3.62.